The van der Waals surface area contributed by atoms with E-state index in [1.807, 2.05) is 6.92 Å². The lowest BCUT2D eigenvalue weighted by atomic mass is 9.73. The molecule has 10 heteroatoms. The minimum atomic E-state index is -4.56. The molecule has 2 N–H and O–H groups in total. The van der Waals surface area contributed by atoms with Gasteiger partial charge in [0.1, 0.15) is 11.9 Å². The van der Waals surface area contributed by atoms with Gasteiger partial charge in [-0.3, -0.25) is 9.59 Å². The van der Waals surface area contributed by atoms with E-state index in [0.717, 1.165) is 11.1 Å². The smallest absolute Gasteiger partial charge is 0.412 e. The molecule has 0 aliphatic carbocycles. The average molecular weight is 546 g/mol. The van der Waals surface area contributed by atoms with Crippen LogP contribution in [0.3, 0.4) is 0 Å². The van der Waals surface area contributed by atoms with Gasteiger partial charge < -0.3 is 14.9 Å². The first-order valence-corrected chi connectivity index (χ1v) is 13.4. The highest BCUT2D eigenvalue weighted by Gasteiger charge is 2.42. The largest absolute Gasteiger partial charge is 0.457 e. The van der Waals surface area contributed by atoms with Gasteiger partial charge in [0.25, 0.3) is 0 Å². The number of halogens is 3. The number of allylic oxidation sites excluding steroid dienone is 1. The average Bonchev–Trinajstić information content (AvgIpc) is 3.21. The third-order valence-electron chi connectivity index (χ3n) is 7.18. The Morgan fingerprint density at radius 2 is 1.89 bits per heavy atom. The lowest BCUT2D eigenvalue weighted by Gasteiger charge is -2.34. The number of rotatable bonds is 2. The molecule has 0 spiro atoms. The second-order valence-corrected chi connectivity index (χ2v) is 11.6. The number of aryl methyl sites for hydroxylation is 1. The van der Waals surface area contributed by atoms with Crippen molar-refractivity contribution in [2.75, 3.05) is 0 Å². The number of aromatic nitrogens is 1. The minimum absolute atomic E-state index is 0.161. The zero-order valence-corrected chi connectivity index (χ0v) is 23.1. The molecule has 208 valence electrons. The molecule has 6 nitrogen and oxygen atoms in total. The Balaban J connectivity index is 2.45. The molecule has 2 unspecified atom stereocenters. The van der Waals surface area contributed by atoms with E-state index in [9.17, 15) is 33.0 Å². The molecule has 0 radical (unpaired) electrons. The molecule has 1 aromatic heterocycles. The maximum atomic E-state index is 13.8. The van der Waals surface area contributed by atoms with Gasteiger partial charge in [-0.1, -0.05) is 33.8 Å². The van der Waals surface area contributed by atoms with E-state index in [0.29, 0.717) is 11.3 Å². The molecule has 0 fully saturated rings. The number of Topliss-reactive ketones (excluding diaryl/α,β-unsaturated/α-hetero) is 1. The normalized spacial score (nSPS) is 29.5. The molecule has 2 rings (SSSR count). The summed E-state index contributed by atoms with van der Waals surface area (Å²) >= 11 is 1.42. The number of thiazole rings is 1. The molecule has 1 aliphatic heterocycles. The Labute approximate surface area is 220 Å². The van der Waals surface area contributed by atoms with E-state index in [1.165, 1.54) is 32.1 Å². The van der Waals surface area contributed by atoms with Gasteiger partial charge in [-0.2, -0.15) is 13.2 Å². The number of nitrogens with zero attached hydrogens (tertiary/aromatic N) is 1. The highest BCUT2D eigenvalue weighted by Crippen LogP contribution is 2.35. The van der Waals surface area contributed by atoms with Crippen molar-refractivity contribution < 1.29 is 37.7 Å². The number of hydrogen-bond donors (Lipinski definition) is 2. The fourth-order valence-corrected chi connectivity index (χ4v) is 5.08. The quantitative estimate of drug-likeness (QED) is 0.360. The number of cyclic esters (lactones) is 1. The second kappa shape index (κ2) is 12.7. The van der Waals surface area contributed by atoms with Gasteiger partial charge in [0.05, 0.1) is 34.7 Å². The molecular formula is C27H38F3NO5S. The molecule has 1 aliphatic rings. The SMILES string of the molecule is CC(=Cc1csc(C)n1)C1CC=C(C(F)(F)F)CCC[C@H](C)[C@H](O)C(C)C(=O)C(C)(C)[C@@H](O)CC(=O)O1. The van der Waals surface area contributed by atoms with E-state index in [1.54, 1.807) is 25.3 Å². The lowest BCUT2D eigenvalue weighted by Crippen LogP contribution is -2.45. The summed E-state index contributed by atoms with van der Waals surface area (Å²) in [6.07, 6.45) is -5.89. The van der Waals surface area contributed by atoms with Crippen molar-refractivity contribution in [3.63, 3.8) is 0 Å². The van der Waals surface area contributed by atoms with Gasteiger partial charge >= 0.3 is 12.1 Å². The van der Waals surface area contributed by atoms with Crippen molar-refractivity contribution in [2.24, 2.45) is 17.3 Å². The van der Waals surface area contributed by atoms with E-state index in [4.69, 9.17) is 4.74 Å². The number of esters is 1. The number of alkyl halides is 3. The van der Waals surface area contributed by atoms with Crippen LogP contribution >= 0.6 is 11.3 Å². The molecule has 0 amide bonds. The van der Waals surface area contributed by atoms with Crippen LogP contribution in [0.4, 0.5) is 13.2 Å². The predicted molar refractivity (Wildman–Crippen MR) is 137 cm³/mol. The van der Waals surface area contributed by atoms with Crippen molar-refractivity contribution >= 4 is 29.2 Å². The van der Waals surface area contributed by atoms with E-state index in [2.05, 4.69) is 4.98 Å². The number of ketones is 1. The van der Waals surface area contributed by atoms with Crippen LogP contribution in [0.25, 0.3) is 6.08 Å². The number of carbonyl (C=O) groups is 2. The standard InChI is InChI=1S/C27H38F3NO5S/c1-15-8-7-9-19(27(28,29)30)10-11-21(16(2)12-20-14-37-18(4)31-20)36-23(33)13-22(32)26(5,6)25(35)17(3)24(15)34/h10,12,14-15,17,21-22,24,32,34H,7-9,11,13H2,1-6H3/t15-,17?,21?,22-,24-/m0/s1. The molecule has 37 heavy (non-hydrogen) atoms. The summed E-state index contributed by atoms with van der Waals surface area (Å²) in [7, 11) is 0. The highest BCUT2D eigenvalue weighted by atomic mass is 32.1. The van der Waals surface area contributed by atoms with Crippen LogP contribution in [0.5, 0.6) is 0 Å². The number of aliphatic hydroxyl groups excluding tert-OH is 2. The monoisotopic (exact) mass is 545 g/mol. The third kappa shape index (κ3) is 8.48. The summed E-state index contributed by atoms with van der Waals surface area (Å²) in [4.78, 5) is 30.3. The predicted octanol–water partition coefficient (Wildman–Crippen LogP) is 5.81. The summed E-state index contributed by atoms with van der Waals surface area (Å²) in [5, 5.41) is 24.1. The molecule has 0 aromatic carbocycles. The van der Waals surface area contributed by atoms with E-state index >= 15 is 0 Å². The topological polar surface area (TPSA) is 96.7 Å². The first-order chi connectivity index (χ1) is 17.0. The number of carbonyl (C=O) groups excluding carboxylic acids is 2. The zero-order valence-electron chi connectivity index (χ0n) is 22.3. The van der Waals surface area contributed by atoms with Crippen molar-refractivity contribution in [3.8, 4) is 0 Å². The van der Waals surface area contributed by atoms with Crippen LogP contribution in [-0.2, 0) is 14.3 Å². The lowest BCUT2D eigenvalue weighted by molar-refractivity contribution is -0.154. The Bertz CT molecular complexity index is 1010. The fraction of sp³-hybridized carbons (Fsp3) is 0.667. The Kier molecular flexibility index (Phi) is 10.7. The summed E-state index contributed by atoms with van der Waals surface area (Å²) in [5.41, 5.74) is -0.966. The van der Waals surface area contributed by atoms with Crippen molar-refractivity contribution in [1.82, 2.24) is 4.98 Å². The van der Waals surface area contributed by atoms with Crippen LogP contribution < -0.4 is 0 Å². The van der Waals surface area contributed by atoms with Gasteiger partial charge in [0.2, 0.25) is 0 Å². The summed E-state index contributed by atoms with van der Waals surface area (Å²) in [5.74, 6) is -2.57. The Morgan fingerprint density at radius 3 is 2.46 bits per heavy atom. The van der Waals surface area contributed by atoms with Crippen molar-refractivity contribution in [2.45, 2.75) is 98.1 Å². The summed E-state index contributed by atoms with van der Waals surface area (Å²) < 4.78 is 46.9. The molecule has 1 aromatic rings. The van der Waals surface area contributed by atoms with E-state index in [-0.39, 0.29) is 25.7 Å². The van der Waals surface area contributed by atoms with Gasteiger partial charge in [-0.15, -0.1) is 11.3 Å². The molecular weight excluding hydrogens is 507 g/mol. The first-order valence-electron chi connectivity index (χ1n) is 12.5. The number of hydrogen-bond acceptors (Lipinski definition) is 7. The van der Waals surface area contributed by atoms with Gasteiger partial charge in [0.15, 0.2) is 0 Å². The highest BCUT2D eigenvalue weighted by molar-refractivity contribution is 7.09. The van der Waals surface area contributed by atoms with E-state index < -0.39 is 65.5 Å². The summed E-state index contributed by atoms with van der Waals surface area (Å²) in [6, 6.07) is 0. The second-order valence-electron chi connectivity index (χ2n) is 10.6. The molecule has 5 atom stereocenters. The van der Waals surface area contributed by atoms with Gasteiger partial charge in [-0.25, -0.2) is 4.98 Å². The summed E-state index contributed by atoms with van der Waals surface area (Å²) in [6.45, 7) is 9.73. The number of aliphatic hydroxyl groups is 2. The minimum Gasteiger partial charge on any atom is -0.457 e. The van der Waals surface area contributed by atoms with Crippen LogP contribution in [0, 0.1) is 24.2 Å². The third-order valence-corrected chi connectivity index (χ3v) is 7.97. The molecule has 0 saturated carbocycles. The molecule has 2 heterocycles. The van der Waals surface area contributed by atoms with Crippen LogP contribution in [-0.4, -0.2) is 51.4 Å². The van der Waals surface area contributed by atoms with Gasteiger partial charge in [0, 0.05) is 23.3 Å². The number of ether oxygens (including phenoxy) is 1. The fourth-order valence-electron chi connectivity index (χ4n) is 4.51. The van der Waals surface area contributed by atoms with Crippen LogP contribution in [0.2, 0.25) is 0 Å². The van der Waals surface area contributed by atoms with Crippen LogP contribution in [0.1, 0.15) is 77.4 Å². The van der Waals surface area contributed by atoms with Crippen molar-refractivity contribution in [3.05, 3.63) is 33.3 Å². The zero-order chi connectivity index (χ0) is 28.1. The maximum absolute atomic E-state index is 13.8. The Morgan fingerprint density at radius 1 is 1.24 bits per heavy atom. The maximum Gasteiger partial charge on any atom is 0.412 e. The van der Waals surface area contributed by atoms with Crippen molar-refractivity contribution in [1.29, 1.82) is 0 Å². The van der Waals surface area contributed by atoms with Crippen LogP contribution in [0.15, 0.2) is 22.6 Å². The van der Waals surface area contributed by atoms with Gasteiger partial charge in [-0.05, 0) is 50.7 Å². The first kappa shape index (κ1) is 31.2. The Hall–Kier alpha value is -2.04. The molecule has 0 bridgehead atoms. The molecule has 0 saturated heterocycles.